The molecule has 0 rings (SSSR count). The summed E-state index contributed by atoms with van der Waals surface area (Å²) in [5.74, 6) is 0. The number of hydrogen-bond donors (Lipinski definition) is 0. The zero-order valence-corrected chi connectivity index (χ0v) is 10.1. The summed E-state index contributed by atoms with van der Waals surface area (Å²) < 4.78 is 5.76. The first-order valence-electron chi connectivity index (χ1n) is 5.42. The van der Waals surface area contributed by atoms with Crippen LogP contribution in [0.1, 0.15) is 47.0 Å². The second kappa shape index (κ2) is 6.83. The van der Waals surface area contributed by atoms with Crippen LogP contribution in [0.15, 0.2) is 24.3 Å². The first-order chi connectivity index (χ1) is 6.54. The van der Waals surface area contributed by atoms with Crippen LogP contribution < -0.4 is 0 Å². The third-order valence-corrected chi connectivity index (χ3v) is 2.52. The Hall–Kier alpha value is -0.560. The van der Waals surface area contributed by atoms with Crippen molar-refractivity contribution in [2.45, 2.75) is 52.6 Å². The van der Waals surface area contributed by atoms with Crippen molar-refractivity contribution < 1.29 is 4.74 Å². The topological polar surface area (TPSA) is 9.23 Å². The van der Waals surface area contributed by atoms with Gasteiger partial charge in [-0.2, -0.15) is 0 Å². The molecule has 1 atom stereocenters. The molecule has 0 N–H and O–H groups in total. The summed E-state index contributed by atoms with van der Waals surface area (Å²) in [7, 11) is 0. The van der Waals surface area contributed by atoms with Crippen molar-refractivity contribution in [1.82, 2.24) is 0 Å². The Morgan fingerprint density at radius 3 is 2.50 bits per heavy atom. The summed E-state index contributed by atoms with van der Waals surface area (Å²) in [6.07, 6.45) is 7.32. The van der Waals surface area contributed by atoms with Gasteiger partial charge in [-0.05, 0) is 40.0 Å². The molecule has 1 unspecified atom stereocenters. The molecule has 1 nitrogen and oxygen atoms in total. The maximum Gasteiger partial charge on any atom is 0.0659 e. The van der Waals surface area contributed by atoms with E-state index in [1.165, 1.54) is 5.57 Å². The summed E-state index contributed by atoms with van der Waals surface area (Å²) in [5.41, 5.74) is 1.40. The number of ether oxygens (including phenoxy) is 1. The molecule has 82 valence electrons. The van der Waals surface area contributed by atoms with E-state index in [1.54, 1.807) is 0 Å². The molecule has 0 radical (unpaired) electrons. The SMILES string of the molecule is C=CCOC(C)(CC)CCC=C(C)C. The first kappa shape index (κ1) is 13.4. The molecule has 0 aliphatic rings. The molecular weight excluding hydrogens is 172 g/mol. The first-order valence-corrected chi connectivity index (χ1v) is 5.42. The van der Waals surface area contributed by atoms with Crippen molar-refractivity contribution in [3.63, 3.8) is 0 Å². The molecule has 0 aliphatic heterocycles. The van der Waals surface area contributed by atoms with Gasteiger partial charge in [0.15, 0.2) is 0 Å². The van der Waals surface area contributed by atoms with E-state index < -0.39 is 0 Å². The molecule has 0 spiro atoms. The van der Waals surface area contributed by atoms with Crippen LogP contribution in [0.3, 0.4) is 0 Å². The normalized spacial score (nSPS) is 14.6. The van der Waals surface area contributed by atoms with Gasteiger partial charge < -0.3 is 4.74 Å². The van der Waals surface area contributed by atoms with Gasteiger partial charge in [0.2, 0.25) is 0 Å². The third kappa shape index (κ3) is 5.98. The van der Waals surface area contributed by atoms with Gasteiger partial charge in [0.05, 0.1) is 12.2 Å². The Morgan fingerprint density at radius 2 is 2.07 bits per heavy atom. The van der Waals surface area contributed by atoms with Crippen LogP contribution in [0.25, 0.3) is 0 Å². The number of allylic oxidation sites excluding steroid dienone is 2. The molecule has 1 heteroatoms. The number of rotatable bonds is 7. The van der Waals surface area contributed by atoms with Crippen LogP contribution in [-0.2, 0) is 4.74 Å². The van der Waals surface area contributed by atoms with Gasteiger partial charge in [0.25, 0.3) is 0 Å². The van der Waals surface area contributed by atoms with Gasteiger partial charge >= 0.3 is 0 Å². The van der Waals surface area contributed by atoms with Crippen molar-refractivity contribution in [2.75, 3.05) is 6.61 Å². The Morgan fingerprint density at radius 1 is 1.43 bits per heavy atom. The highest BCUT2D eigenvalue weighted by Gasteiger charge is 2.20. The maximum atomic E-state index is 5.76. The average molecular weight is 196 g/mol. The lowest BCUT2D eigenvalue weighted by Gasteiger charge is -2.27. The molecule has 0 saturated carbocycles. The molecule has 0 fully saturated rings. The highest BCUT2D eigenvalue weighted by molar-refractivity contribution is 4.94. The Kier molecular flexibility index (Phi) is 6.56. The summed E-state index contributed by atoms with van der Waals surface area (Å²) in [6, 6.07) is 0. The highest BCUT2D eigenvalue weighted by Crippen LogP contribution is 2.22. The van der Waals surface area contributed by atoms with Gasteiger partial charge in [0.1, 0.15) is 0 Å². The molecular formula is C13H24O. The molecule has 0 aromatic carbocycles. The smallest absolute Gasteiger partial charge is 0.0659 e. The van der Waals surface area contributed by atoms with Gasteiger partial charge in [-0.15, -0.1) is 6.58 Å². The van der Waals surface area contributed by atoms with Gasteiger partial charge in [-0.1, -0.05) is 24.6 Å². The van der Waals surface area contributed by atoms with Crippen molar-refractivity contribution in [2.24, 2.45) is 0 Å². The van der Waals surface area contributed by atoms with E-state index in [9.17, 15) is 0 Å². The van der Waals surface area contributed by atoms with E-state index in [1.807, 2.05) is 6.08 Å². The monoisotopic (exact) mass is 196 g/mol. The summed E-state index contributed by atoms with van der Waals surface area (Å²) in [6.45, 7) is 12.9. The molecule has 0 saturated heterocycles. The van der Waals surface area contributed by atoms with Gasteiger partial charge in [0, 0.05) is 0 Å². The minimum atomic E-state index is 0.0140. The van der Waals surface area contributed by atoms with Crippen LogP contribution in [0.4, 0.5) is 0 Å². The third-order valence-electron chi connectivity index (χ3n) is 2.52. The largest absolute Gasteiger partial charge is 0.371 e. The maximum absolute atomic E-state index is 5.76. The Balaban J connectivity index is 3.98. The van der Waals surface area contributed by atoms with Crippen LogP contribution >= 0.6 is 0 Å². The van der Waals surface area contributed by atoms with Gasteiger partial charge in [-0.3, -0.25) is 0 Å². The second-order valence-electron chi connectivity index (χ2n) is 4.22. The summed E-state index contributed by atoms with van der Waals surface area (Å²) in [4.78, 5) is 0. The molecule has 0 aromatic rings. The fourth-order valence-corrected chi connectivity index (χ4v) is 1.28. The van der Waals surface area contributed by atoms with E-state index in [4.69, 9.17) is 4.74 Å². The quantitative estimate of drug-likeness (QED) is 0.557. The number of hydrogen-bond acceptors (Lipinski definition) is 1. The van der Waals surface area contributed by atoms with E-state index in [2.05, 4.69) is 40.3 Å². The molecule has 0 bridgehead atoms. The van der Waals surface area contributed by atoms with E-state index >= 15 is 0 Å². The van der Waals surface area contributed by atoms with E-state index in [0.29, 0.717) is 6.61 Å². The molecule has 0 aromatic heterocycles. The molecule has 0 heterocycles. The minimum Gasteiger partial charge on any atom is -0.371 e. The predicted molar refractivity (Wildman–Crippen MR) is 63.5 cm³/mol. The van der Waals surface area contributed by atoms with E-state index in [-0.39, 0.29) is 5.60 Å². The Labute approximate surface area is 88.9 Å². The van der Waals surface area contributed by atoms with Crippen molar-refractivity contribution in [3.8, 4) is 0 Å². The predicted octanol–water partition coefficient (Wildman–Crippen LogP) is 4.10. The Bertz CT molecular complexity index is 189. The zero-order valence-electron chi connectivity index (χ0n) is 10.1. The molecule has 0 amide bonds. The second-order valence-corrected chi connectivity index (χ2v) is 4.22. The fourth-order valence-electron chi connectivity index (χ4n) is 1.28. The molecule has 0 aliphatic carbocycles. The minimum absolute atomic E-state index is 0.0140. The summed E-state index contributed by atoms with van der Waals surface area (Å²) >= 11 is 0. The van der Waals surface area contributed by atoms with Gasteiger partial charge in [-0.25, -0.2) is 0 Å². The lowest BCUT2D eigenvalue weighted by molar-refractivity contribution is -0.0246. The fraction of sp³-hybridized carbons (Fsp3) is 0.692. The highest BCUT2D eigenvalue weighted by atomic mass is 16.5. The van der Waals surface area contributed by atoms with Crippen LogP contribution in [0.5, 0.6) is 0 Å². The lowest BCUT2D eigenvalue weighted by atomic mass is 9.96. The molecule has 14 heavy (non-hydrogen) atoms. The van der Waals surface area contributed by atoms with Crippen LogP contribution in [-0.4, -0.2) is 12.2 Å². The van der Waals surface area contributed by atoms with Crippen molar-refractivity contribution in [3.05, 3.63) is 24.3 Å². The summed E-state index contributed by atoms with van der Waals surface area (Å²) in [5, 5.41) is 0. The van der Waals surface area contributed by atoms with Crippen LogP contribution in [0.2, 0.25) is 0 Å². The van der Waals surface area contributed by atoms with E-state index in [0.717, 1.165) is 19.3 Å². The lowest BCUT2D eigenvalue weighted by Crippen LogP contribution is -2.27. The van der Waals surface area contributed by atoms with Crippen LogP contribution in [0, 0.1) is 0 Å². The standard InChI is InChI=1S/C13H24O/c1-6-11-14-13(5,7-2)10-8-9-12(3)4/h6,9H,1,7-8,10-11H2,2-5H3. The average Bonchev–Trinajstić information content (AvgIpc) is 2.14. The van der Waals surface area contributed by atoms with Crippen molar-refractivity contribution >= 4 is 0 Å². The van der Waals surface area contributed by atoms with Crippen molar-refractivity contribution in [1.29, 1.82) is 0 Å². The zero-order chi connectivity index (χ0) is 11.0.